The number of para-hydroxylation sites is 2. The van der Waals surface area contributed by atoms with Gasteiger partial charge in [0, 0.05) is 32.6 Å². The van der Waals surface area contributed by atoms with E-state index < -0.39 is 0 Å². The van der Waals surface area contributed by atoms with Crippen molar-refractivity contribution in [1.29, 1.82) is 0 Å². The molecule has 2 aliphatic heterocycles. The fourth-order valence-corrected chi connectivity index (χ4v) is 2.75. The van der Waals surface area contributed by atoms with E-state index in [1.807, 2.05) is 29.2 Å². The van der Waals surface area contributed by atoms with E-state index in [1.165, 1.54) is 0 Å². The van der Waals surface area contributed by atoms with E-state index in [-0.39, 0.29) is 12.0 Å². The number of rotatable bonds is 5. The minimum absolute atomic E-state index is 0.00166. The Morgan fingerprint density at radius 3 is 2.81 bits per heavy atom. The zero-order chi connectivity index (χ0) is 14.5. The number of nitrogens with zero attached hydrogens (tertiary/aromatic N) is 1. The number of benzene rings is 1. The number of amides is 1. The predicted octanol–water partition coefficient (Wildman–Crippen LogP) is 1.43. The maximum absolute atomic E-state index is 11.9. The quantitative estimate of drug-likeness (QED) is 0.834. The van der Waals surface area contributed by atoms with Crippen LogP contribution in [-0.2, 0) is 4.79 Å². The van der Waals surface area contributed by atoms with E-state index in [4.69, 9.17) is 9.47 Å². The second kappa shape index (κ2) is 6.80. The molecule has 1 saturated heterocycles. The first-order valence-electron chi connectivity index (χ1n) is 7.70. The number of nitrogens with one attached hydrogen (secondary N) is 1. The molecule has 5 heteroatoms. The Bertz CT molecular complexity index is 486. The molecule has 1 atom stereocenters. The van der Waals surface area contributed by atoms with Gasteiger partial charge in [-0.2, -0.15) is 0 Å². The Morgan fingerprint density at radius 2 is 2.00 bits per heavy atom. The summed E-state index contributed by atoms with van der Waals surface area (Å²) in [7, 11) is 0. The van der Waals surface area contributed by atoms with Gasteiger partial charge in [-0.3, -0.25) is 4.79 Å². The van der Waals surface area contributed by atoms with E-state index in [1.54, 1.807) is 0 Å². The molecule has 1 fully saturated rings. The van der Waals surface area contributed by atoms with Gasteiger partial charge in [0.1, 0.15) is 12.7 Å². The summed E-state index contributed by atoms with van der Waals surface area (Å²) in [6.07, 6.45) is 2.85. The summed E-state index contributed by atoms with van der Waals surface area (Å²) >= 11 is 0. The highest BCUT2D eigenvalue weighted by Gasteiger charge is 2.21. The number of hydrogen-bond donors (Lipinski definition) is 1. The average molecular weight is 290 g/mol. The summed E-state index contributed by atoms with van der Waals surface area (Å²) in [5, 5.41) is 3.29. The lowest BCUT2D eigenvalue weighted by atomic mass is 10.2. The highest BCUT2D eigenvalue weighted by atomic mass is 16.6. The van der Waals surface area contributed by atoms with E-state index in [2.05, 4.69) is 5.32 Å². The molecule has 0 aliphatic carbocycles. The molecule has 1 aromatic rings. The molecular formula is C16H22N2O3. The molecule has 0 aromatic heterocycles. The molecule has 0 bridgehead atoms. The lowest BCUT2D eigenvalue weighted by Crippen LogP contribution is -2.39. The number of fused-ring (bicyclic) bond motifs is 1. The Hall–Kier alpha value is -1.75. The molecule has 0 saturated carbocycles. The van der Waals surface area contributed by atoms with E-state index in [0.717, 1.165) is 37.4 Å². The van der Waals surface area contributed by atoms with E-state index in [0.29, 0.717) is 26.1 Å². The van der Waals surface area contributed by atoms with Crippen molar-refractivity contribution in [2.24, 2.45) is 0 Å². The third kappa shape index (κ3) is 3.67. The van der Waals surface area contributed by atoms with Gasteiger partial charge in [0.05, 0.1) is 0 Å². The summed E-state index contributed by atoms with van der Waals surface area (Å²) in [4.78, 5) is 13.8. The molecular weight excluding hydrogens is 268 g/mol. The van der Waals surface area contributed by atoms with Crippen LogP contribution < -0.4 is 14.8 Å². The van der Waals surface area contributed by atoms with Gasteiger partial charge in [0.15, 0.2) is 11.5 Å². The monoisotopic (exact) mass is 290 g/mol. The summed E-state index contributed by atoms with van der Waals surface area (Å²) in [6, 6.07) is 7.70. The molecule has 114 valence electrons. The maximum Gasteiger partial charge on any atom is 0.223 e. The van der Waals surface area contributed by atoms with Crippen molar-refractivity contribution in [2.75, 3.05) is 32.8 Å². The molecule has 2 aliphatic rings. The fraction of sp³-hybridized carbons (Fsp3) is 0.562. The van der Waals surface area contributed by atoms with Crippen molar-refractivity contribution < 1.29 is 14.3 Å². The molecule has 5 nitrogen and oxygen atoms in total. The van der Waals surface area contributed by atoms with E-state index >= 15 is 0 Å². The number of ether oxygens (including phenoxy) is 2. The van der Waals surface area contributed by atoms with Crippen LogP contribution in [0.2, 0.25) is 0 Å². The van der Waals surface area contributed by atoms with Crippen LogP contribution in [0.1, 0.15) is 19.3 Å². The lowest BCUT2D eigenvalue weighted by Gasteiger charge is -2.26. The molecule has 2 heterocycles. The smallest absolute Gasteiger partial charge is 0.223 e. The summed E-state index contributed by atoms with van der Waals surface area (Å²) < 4.78 is 11.5. The molecule has 21 heavy (non-hydrogen) atoms. The van der Waals surface area contributed by atoms with Crippen molar-refractivity contribution >= 4 is 5.91 Å². The third-order valence-corrected chi connectivity index (χ3v) is 3.91. The summed E-state index contributed by atoms with van der Waals surface area (Å²) in [5.74, 6) is 1.85. The number of carbonyl (C=O) groups excluding carboxylic acids is 1. The average Bonchev–Trinajstić information content (AvgIpc) is 3.06. The topological polar surface area (TPSA) is 50.8 Å². The van der Waals surface area contributed by atoms with Crippen LogP contribution >= 0.6 is 0 Å². The van der Waals surface area contributed by atoms with Gasteiger partial charge in [-0.15, -0.1) is 0 Å². The minimum Gasteiger partial charge on any atom is -0.486 e. The van der Waals surface area contributed by atoms with Gasteiger partial charge in [-0.05, 0) is 25.0 Å². The number of likely N-dealkylation sites (tertiary alicyclic amines) is 1. The molecule has 1 unspecified atom stereocenters. The minimum atomic E-state index is 0.00166. The van der Waals surface area contributed by atoms with Crippen LogP contribution in [-0.4, -0.2) is 49.7 Å². The Morgan fingerprint density at radius 1 is 1.24 bits per heavy atom. The fourth-order valence-electron chi connectivity index (χ4n) is 2.75. The molecule has 3 rings (SSSR count). The van der Waals surface area contributed by atoms with Crippen molar-refractivity contribution in [2.45, 2.75) is 25.4 Å². The molecule has 0 radical (unpaired) electrons. The first kappa shape index (κ1) is 14.2. The second-order valence-corrected chi connectivity index (χ2v) is 5.54. The largest absolute Gasteiger partial charge is 0.486 e. The normalized spacial score (nSPS) is 20.6. The van der Waals surface area contributed by atoms with Gasteiger partial charge in [-0.1, -0.05) is 12.1 Å². The number of carbonyl (C=O) groups is 1. The second-order valence-electron chi connectivity index (χ2n) is 5.54. The van der Waals surface area contributed by atoms with Crippen molar-refractivity contribution in [3.8, 4) is 11.5 Å². The zero-order valence-electron chi connectivity index (χ0n) is 12.2. The lowest BCUT2D eigenvalue weighted by molar-refractivity contribution is -0.130. The van der Waals surface area contributed by atoms with Gasteiger partial charge < -0.3 is 19.7 Å². The van der Waals surface area contributed by atoms with Crippen LogP contribution in [0.5, 0.6) is 11.5 Å². The maximum atomic E-state index is 11.9. The van der Waals surface area contributed by atoms with Crippen LogP contribution in [0.15, 0.2) is 24.3 Å². The standard InChI is InChI=1S/C16H22N2O3/c19-16(18-9-3-4-10-18)7-8-17-11-13-12-20-14-5-1-2-6-15(14)21-13/h1-2,5-6,13,17H,3-4,7-12H2. The van der Waals surface area contributed by atoms with Crippen molar-refractivity contribution in [1.82, 2.24) is 10.2 Å². The third-order valence-electron chi connectivity index (χ3n) is 3.91. The van der Waals surface area contributed by atoms with Crippen LogP contribution in [0, 0.1) is 0 Å². The van der Waals surface area contributed by atoms with Gasteiger partial charge in [-0.25, -0.2) is 0 Å². The Labute approximate surface area is 125 Å². The highest BCUT2D eigenvalue weighted by Crippen LogP contribution is 2.30. The zero-order valence-corrected chi connectivity index (χ0v) is 12.2. The van der Waals surface area contributed by atoms with Gasteiger partial charge in [0.2, 0.25) is 5.91 Å². The summed E-state index contributed by atoms with van der Waals surface area (Å²) in [6.45, 7) is 3.78. The van der Waals surface area contributed by atoms with Crippen molar-refractivity contribution in [3.63, 3.8) is 0 Å². The van der Waals surface area contributed by atoms with Crippen molar-refractivity contribution in [3.05, 3.63) is 24.3 Å². The first-order chi connectivity index (χ1) is 10.3. The molecule has 1 amide bonds. The first-order valence-corrected chi connectivity index (χ1v) is 7.70. The number of hydrogen-bond acceptors (Lipinski definition) is 4. The van der Waals surface area contributed by atoms with Gasteiger partial charge in [0.25, 0.3) is 0 Å². The van der Waals surface area contributed by atoms with Gasteiger partial charge >= 0.3 is 0 Å². The van der Waals surface area contributed by atoms with Crippen LogP contribution in [0.3, 0.4) is 0 Å². The van der Waals surface area contributed by atoms with E-state index in [9.17, 15) is 4.79 Å². The molecule has 1 aromatic carbocycles. The highest BCUT2D eigenvalue weighted by molar-refractivity contribution is 5.76. The van der Waals surface area contributed by atoms with Crippen LogP contribution in [0.4, 0.5) is 0 Å². The molecule has 1 N–H and O–H groups in total. The van der Waals surface area contributed by atoms with Crippen LogP contribution in [0.25, 0.3) is 0 Å². The summed E-state index contributed by atoms with van der Waals surface area (Å²) in [5.41, 5.74) is 0. The predicted molar refractivity (Wildman–Crippen MR) is 79.7 cm³/mol. The Kier molecular flexibility index (Phi) is 4.60. The Balaban J connectivity index is 1.36. The molecule has 0 spiro atoms. The SMILES string of the molecule is O=C(CCNCC1COc2ccccc2O1)N1CCCC1.